The zero-order valence-corrected chi connectivity index (χ0v) is 8.15. The Morgan fingerprint density at radius 1 is 1.27 bits per heavy atom. The lowest BCUT2D eigenvalue weighted by molar-refractivity contribution is 0.407. The quantitative estimate of drug-likeness (QED) is 0.518. The zero-order chi connectivity index (χ0) is 8.57. The summed E-state index contributed by atoms with van der Waals surface area (Å²) >= 11 is 0. The molecule has 0 saturated carbocycles. The van der Waals surface area contributed by atoms with Gasteiger partial charge in [0.05, 0.1) is 5.76 Å². The van der Waals surface area contributed by atoms with Crippen LogP contribution in [-0.4, -0.2) is 11.7 Å². The van der Waals surface area contributed by atoms with Gasteiger partial charge in [-0.2, -0.15) is 0 Å². The van der Waals surface area contributed by atoms with Crippen LogP contribution in [0.4, 0.5) is 0 Å². The van der Waals surface area contributed by atoms with Gasteiger partial charge in [0.2, 0.25) is 0 Å². The maximum absolute atomic E-state index is 8.51. The minimum atomic E-state index is 0. The molecule has 0 saturated heterocycles. The maximum atomic E-state index is 8.51. The lowest BCUT2D eigenvalue weighted by Crippen LogP contribution is -1.93. The number of hydrogen-bond acceptors (Lipinski definition) is 3. The van der Waals surface area contributed by atoms with Crippen molar-refractivity contribution in [2.24, 2.45) is 5.73 Å². The highest BCUT2D eigenvalue weighted by Crippen LogP contribution is 1.93. The van der Waals surface area contributed by atoms with Crippen LogP contribution in [0.5, 0.6) is 0 Å². The molecule has 0 radical (unpaired) electrons. The van der Waals surface area contributed by atoms with Crippen molar-refractivity contribution in [2.45, 2.75) is 34.1 Å². The Morgan fingerprint density at radius 3 is 1.45 bits per heavy atom. The molecular formula is C8H22N2O. The fraction of sp³-hybridized carbons (Fsp3) is 0.750. The standard InChI is InChI=1S/C5H10O.C3H9N.H3N/c1-4(2)5(3)6;1-2-3-4;/h6H,1-3H3;2-4H2,1H3;1H3. The first-order valence-electron chi connectivity index (χ1n) is 3.59. The molecule has 3 heteroatoms. The highest BCUT2D eigenvalue weighted by Gasteiger charge is 1.78. The monoisotopic (exact) mass is 162 g/mol. The van der Waals surface area contributed by atoms with Gasteiger partial charge in [-0.25, -0.2) is 0 Å². The number of aliphatic hydroxyl groups excluding tert-OH is 1. The van der Waals surface area contributed by atoms with Crippen molar-refractivity contribution in [3.63, 3.8) is 0 Å². The lowest BCUT2D eigenvalue weighted by atomic mass is 10.3. The third kappa shape index (κ3) is 26.5. The normalized spacial score (nSPS) is 7.00. The van der Waals surface area contributed by atoms with Gasteiger partial charge < -0.3 is 17.0 Å². The maximum Gasteiger partial charge on any atom is 0.0878 e. The van der Waals surface area contributed by atoms with Gasteiger partial charge >= 0.3 is 0 Å². The summed E-state index contributed by atoms with van der Waals surface area (Å²) in [5, 5.41) is 8.51. The molecule has 3 nitrogen and oxygen atoms in total. The smallest absolute Gasteiger partial charge is 0.0878 e. The second kappa shape index (κ2) is 12.2. The van der Waals surface area contributed by atoms with Gasteiger partial charge in [0.1, 0.15) is 0 Å². The van der Waals surface area contributed by atoms with E-state index in [2.05, 4.69) is 6.92 Å². The molecule has 0 aromatic rings. The Morgan fingerprint density at radius 2 is 1.45 bits per heavy atom. The summed E-state index contributed by atoms with van der Waals surface area (Å²) in [4.78, 5) is 0. The first-order valence-corrected chi connectivity index (χ1v) is 3.59. The molecule has 0 aromatic heterocycles. The molecule has 6 N–H and O–H groups in total. The molecule has 0 bridgehead atoms. The molecule has 0 aliphatic carbocycles. The predicted octanol–water partition coefficient (Wildman–Crippen LogP) is 2.38. The van der Waals surface area contributed by atoms with E-state index in [4.69, 9.17) is 10.8 Å². The van der Waals surface area contributed by atoms with Crippen molar-refractivity contribution < 1.29 is 5.11 Å². The molecule has 0 unspecified atom stereocenters. The van der Waals surface area contributed by atoms with Crippen LogP contribution in [0.3, 0.4) is 0 Å². The van der Waals surface area contributed by atoms with Crippen LogP contribution >= 0.6 is 0 Å². The molecular weight excluding hydrogens is 140 g/mol. The third-order valence-electron chi connectivity index (χ3n) is 1.01. The van der Waals surface area contributed by atoms with E-state index in [0.717, 1.165) is 18.5 Å². The van der Waals surface area contributed by atoms with Gasteiger partial charge in [-0.3, -0.25) is 0 Å². The molecule has 70 valence electrons. The second-order valence-corrected chi connectivity index (χ2v) is 2.37. The number of rotatable bonds is 1. The Bertz CT molecular complexity index is 80.3. The molecule has 11 heavy (non-hydrogen) atoms. The molecule has 0 amide bonds. The molecule has 0 heterocycles. The number of allylic oxidation sites excluding steroid dienone is 2. The summed E-state index contributed by atoms with van der Waals surface area (Å²) < 4.78 is 0. The van der Waals surface area contributed by atoms with E-state index < -0.39 is 0 Å². The van der Waals surface area contributed by atoms with Crippen LogP contribution in [0.25, 0.3) is 0 Å². The minimum absolute atomic E-state index is 0. The summed E-state index contributed by atoms with van der Waals surface area (Å²) in [6, 6.07) is 0. The van der Waals surface area contributed by atoms with E-state index in [1.807, 2.05) is 13.8 Å². The van der Waals surface area contributed by atoms with Crippen molar-refractivity contribution in [2.75, 3.05) is 6.54 Å². The molecule has 0 aliphatic heterocycles. The summed E-state index contributed by atoms with van der Waals surface area (Å²) in [5.41, 5.74) is 6.01. The van der Waals surface area contributed by atoms with Crippen LogP contribution in [0.2, 0.25) is 0 Å². The SMILES string of the molecule is CC(C)=C(C)O.CCCN.N. The first kappa shape index (κ1) is 16.8. The van der Waals surface area contributed by atoms with E-state index in [-0.39, 0.29) is 6.15 Å². The summed E-state index contributed by atoms with van der Waals surface area (Å²) in [6.07, 6.45) is 1.10. The third-order valence-corrected chi connectivity index (χ3v) is 1.01. The van der Waals surface area contributed by atoms with E-state index in [9.17, 15) is 0 Å². The average molecular weight is 162 g/mol. The Balaban J connectivity index is -0.000000114. The van der Waals surface area contributed by atoms with Gasteiger partial charge in [-0.1, -0.05) is 6.92 Å². The number of hydrogen-bond donors (Lipinski definition) is 3. The Hall–Kier alpha value is -0.540. The molecule has 0 atom stereocenters. The molecule has 0 aliphatic rings. The van der Waals surface area contributed by atoms with Crippen LogP contribution in [0, 0.1) is 0 Å². The average Bonchev–Trinajstić information content (AvgIpc) is 1.89. The van der Waals surface area contributed by atoms with Crippen LogP contribution in [0.15, 0.2) is 11.3 Å². The highest BCUT2D eigenvalue weighted by atomic mass is 16.3. The van der Waals surface area contributed by atoms with E-state index in [1.54, 1.807) is 6.92 Å². The van der Waals surface area contributed by atoms with Crippen LogP contribution in [0.1, 0.15) is 34.1 Å². The molecule has 0 aromatic carbocycles. The van der Waals surface area contributed by atoms with Crippen LogP contribution < -0.4 is 11.9 Å². The first-order chi connectivity index (χ1) is 4.56. The Kier molecular flexibility index (Phi) is 18.6. The topological polar surface area (TPSA) is 81.2 Å². The van der Waals surface area contributed by atoms with Crippen molar-refractivity contribution in [3.05, 3.63) is 11.3 Å². The van der Waals surface area contributed by atoms with Gasteiger partial charge in [-0.05, 0) is 39.3 Å². The van der Waals surface area contributed by atoms with Gasteiger partial charge in [0.15, 0.2) is 0 Å². The fourth-order valence-electron chi connectivity index (χ4n) is 0. The van der Waals surface area contributed by atoms with Crippen molar-refractivity contribution in [1.82, 2.24) is 6.15 Å². The molecule has 0 rings (SSSR count). The van der Waals surface area contributed by atoms with Gasteiger partial charge in [-0.15, -0.1) is 0 Å². The number of nitrogens with two attached hydrogens (primary N) is 1. The van der Waals surface area contributed by atoms with E-state index in [1.165, 1.54) is 0 Å². The highest BCUT2D eigenvalue weighted by molar-refractivity contribution is 4.96. The number of aliphatic hydroxyl groups is 1. The summed E-state index contributed by atoms with van der Waals surface area (Å²) in [7, 11) is 0. The van der Waals surface area contributed by atoms with E-state index >= 15 is 0 Å². The summed E-state index contributed by atoms with van der Waals surface area (Å²) in [6.45, 7) is 8.29. The van der Waals surface area contributed by atoms with Gasteiger partial charge in [0, 0.05) is 0 Å². The van der Waals surface area contributed by atoms with Crippen molar-refractivity contribution >= 4 is 0 Å². The fourth-order valence-corrected chi connectivity index (χ4v) is 0. The second-order valence-electron chi connectivity index (χ2n) is 2.37. The Labute approximate surface area is 69.9 Å². The largest absolute Gasteiger partial charge is 0.513 e. The van der Waals surface area contributed by atoms with E-state index in [0.29, 0.717) is 5.76 Å². The lowest BCUT2D eigenvalue weighted by Gasteiger charge is -1.87. The molecule has 0 fully saturated rings. The predicted molar refractivity (Wildman–Crippen MR) is 51.0 cm³/mol. The van der Waals surface area contributed by atoms with Gasteiger partial charge in [0.25, 0.3) is 0 Å². The minimum Gasteiger partial charge on any atom is -0.513 e. The van der Waals surface area contributed by atoms with Crippen molar-refractivity contribution in [3.8, 4) is 0 Å². The molecule has 0 spiro atoms. The zero-order valence-electron chi connectivity index (χ0n) is 8.15. The van der Waals surface area contributed by atoms with Crippen molar-refractivity contribution in [1.29, 1.82) is 0 Å². The summed E-state index contributed by atoms with van der Waals surface area (Å²) in [5.74, 6) is 0.426. The van der Waals surface area contributed by atoms with Crippen LogP contribution in [-0.2, 0) is 0 Å².